The average Bonchev–Trinajstić information content (AvgIpc) is 3.11. The van der Waals surface area contributed by atoms with E-state index < -0.39 is 0 Å². The minimum absolute atomic E-state index is 0.0192. The quantitative estimate of drug-likeness (QED) is 0.677. The monoisotopic (exact) mass is 344 g/mol. The van der Waals surface area contributed by atoms with Crippen LogP contribution in [-0.2, 0) is 11.2 Å². The molecule has 1 aliphatic rings. The highest BCUT2D eigenvalue weighted by atomic mass is 16.5. The van der Waals surface area contributed by atoms with Crippen LogP contribution in [0.1, 0.15) is 42.9 Å². The fourth-order valence-corrected chi connectivity index (χ4v) is 3.18. The van der Waals surface area contributed by atoms with Crippen molar-refractivity contribution in [1.29, 1.82) is 0 Å². The van der Waals surface area contributed by atoms with E-state index in [1.165, 1.54) is 0 Å². The number of amides is 1. The van der Waals surface area contributed by atoms with Crippen molar-refractivity contribution in [2.24, 2.45) is 5.92 Å². The fraction of sp³-hybridized carbons (Fsp3) is 0.500. The van der Waals surface area contributed by atoms with Crippen LogP contribution in [0, 0.1) is 5.92 Å². The number of aliphatic hydroxyl groups excluding tert-OH is 1. The molecule has 3 N–H and O–H groups in total. The van der Waals surface area contributed by atoms with Crippen LogP contribution in [0.2, 0.25) is 0 Å². The lowest BCUT2D eigenvalue weighted by Crippen LogP contribution is -2.41. The number of aromatic amines is 1. The van der Waals surface area contributed by atoms with Crippen LogP contribution >= 0.6 is 0 Å². The Morgan fingerprint density at radius 2 is 2.28 bits per heavy atom. The number of H-pyrrole nitrogens is 1. The molecule has 0 aromatic carbocycles. The van der Waals surface area contributed by atoms with Crippen molar-refractivity contribution in [3.63, 3.8) is 0 Å². The molecule has 2 heterocycles. The molecule has 3 rings (SSSR count). The molecular formula is C18H24N4O3. The summed E-state index contributed by atoms with van der Waals surface area (Å²) < 4.78 is 5.09. The Bertz CT molecular complexity index is 666. The van der Waals surface area contributed by atoms with Gasteiger partial charge in [-0.15, -0.1) is 0 Å². The van der Waals surface area contributed by atoms with Gasteiger partial charge in [-0.25, -0.2) is 4.98 Å². The van der Waals surface area contributed by atoms with Crippen molar-refractivity contribution < 1.29 is 14.6 Å². The van der Waals surface area contributed by atoms with Crippen molar-refractivity contribution in [1.82, 2.24) is 20.5 Å². The standard InChI is InChI=1S/C18H24N4O3/c1-25-17-6-5-13(11-19-17)18(14-7-15(23)8-14)22-16(24)4-2-3-12-9-20-21-10-12/h5-6,9-11,14-15,18,23H,2-4,7-8H2,1H3,(H,20,21)(H,22,24)/t14?,15?,18-/m0/s1. The van der Waals surface area contributed by atoms with Crippen LogP contribution in [0.3, 0.4) is 0 Å². The highest BCUT2D eigenvalue weighted by Crippen LogP contribution is 2.38. The molecule has 1 fully saturated rings. The van der Waals surface area contributed by atoms with E-state index in [-0.39, 0.29) is 24.0 Å². The van der Waals surface area contributed by atoms with E-state index in [9.17, 15) is 9.90 Å². The van der Waals surface area contributed by atoms with Crippen molar-refractivity contribution >= 4 is 5.91 Å². The molecule has 7 nitrogen and oxygen atoms in total. The number of aliphatic hydroxyl groups is 1. The largest absolute Gasteiger partial charge is 0.481 e. The van der Waals surface area contributed by atoms with Crippen LogP contribution in [0.15, 0.2) is 30.7 Å². The number of nitrogens with one attached hydrogen (secondary N) is 2. The zero-order valence-electron chi connectivity index (χ0n) is 14.3. The van der Waals surface area contributed by atoms with Crippen LogP contribution in [0.5, 0.6) is 5.88 Å². The number of rotatable bonds is 8. The van der Waals surface area contributed by atoms with E-state index >= 15 is 0 Å². The van der Waals surface area contributed by atoms with Gasteiger partial charge in [-0.05, 0) is 42.7 Å². The first kappa shape index (κ1) is 17.4. The molecule has 1 saturated carbocycles. The van der Waals surface area contributed by atoms with Gasteiger partial charge >= 0.3 is 0 Å². The van der Waals surface area contributed by atoms with Gasteiger partial charge in [0.1, 0.15) is 0 Å². The molecule has 0 saturated heterocycles. The molecule has 25 heavy (non-hydrogen) atoms. The van der Waals surface area contributed by atoms with Crippen LogP contribution < -0.4 is 10.1 Å². The third kappa shape index (κ3) is 4.57. The molecule has 2 aromatic rings. The minimum Gasteiger partial charge on any atom is -0.481 e. The van der Waals surface area contributed by atoms with E-state index in [1.807, 2.05) is 12.3 Å². The van der Waals surface area contributed by atoms with Gasteiger partial charge in [0.25, 0.3) is 0 Å². The second kappa shape index (κ2) is 8.11. The smallest absolute Gasteiger partial charge is 0.220 e. The number of carbonyl (C=O) groups excluding carboxylic acids is 1. The lowest BCUT2D eigenvalue weighted by atomic mass is 9.75. The zero-order valence-corrected chi connectivity index (χ0v) is 14.3. The lowest BCUT2D eigenvalue weighted by molar-refractivity contribution is -0.123. The summed E-state index contributed by atoms with van der Waals surface area (Å²) in [5.74, 6) is 0.802. The number of pyridine rings is 1. The molecular weight excluding hydrogens is 320 g/mol. The maximum atomic E-state index is 12.4. The molecule has 0 unspecified atom stereocenters. The summed E-state index contributed by atoms with van der Waals surface area (Å²) in [6.45, 7) is 0. The first-order chi connectivity index (χ1) is 12.2. The fourth-order valence-electron chi connectivity index (χ4n) is 3.18. The highest BCUT2D eigenvalue weighted by Gasteiger charge is 2.35. The van der Waals surface area contributed by atoms with Gasteiger partial charge in [-0.3, -0.25) is 9.89 Å². The Labute approximate surface area is 146 Å². The Morgan fingerprint density at radius 3 is 2.88 bits per heavy atom. The number of nitrogens with zero attached hydrogens (tertiary/aromatic N) is 2. The van der Waals surface area contributed by atoms with Gasteiger partial charge in [-0.1, -0.05) is 6.07 Å². The topological polar surface area (TPSA) is 100 Å². The lowest BCUT2D eigenvalue weighted by Gasteiger charge is -2.38. The van der Waals surface area contributed by atoms with Crippen molar-refractivity contribution in [2.45, 2.75) is 44.2 Å². The second-order valence-electron chi connectivity index (χ2n) is 6.52. The SMILES string of the molecule is COc1ccc([C@H](NC(=O)CCCc2cn[nH]c2)C2CC(O)C2)cn1. The molecule has 134 valence electrons. The van der Waals surface area contributed by atoms with Gasteiger partial charge < -0.3 is 15.2 Å². The molecule has 0 radical (unpaired) electrons. The summed E-state index contributed by atoms with van der Waals surface area (Å²) in [4.78, 5) is 16.6. The number of aromatic nitrogens is 3. The molecule has 0 aliphatic heterocycles. The van der Waals surface area contributed by atoms with Crippen LogP contribution in [-0.4, -0.2) is 39.4 Å². The maximum absolute atomic E-state index is 12.4. The summed E-state index contributed by atoms with van der Waals surface area (Å²) in [6.07, 6.45) is 8.54. The summed E-state index contributed by atoms with van der Waals surface area (Å²) in [7, 11) is 1.57. The van der Waals surface area contributed by atoms with Crippen LogP contribution in [0.4, 0.5) is 0 Å². The summed E-state index contributed by atoms with van der Waals surface area (Å²) >= 11 is 0. The third-order valence-electron chi connectivity index (χ3n) is 4.69. The first-order valence-electron chi connectivity index (χ1n) is 8.60. The van der Waals surface area contributed by atoms with Gasteiger partial charge in [-0.2, -0.15) is 5.10 Å². The van der Waals surface area contributed by atoms with Crippen molar-refractivity contribution in [2.75, 3.05) is 7.11 Å². The maximum Gasteiger partial charge on any atom is 0.220 e. The summed E-state index contributed by atoms with van der Waals surface area (Å²) in [6, 6.07) is 3.60. The molecule has 0 spiro atoms. The number of methoxy groups -OCH3 is 1. The summed E-state index contributed by atoms with van der Waals surface area (Å²) in [5, 5.41) is 19.4. The van der Waals surface area contributed by atoms with Crippen molar-refractivity contribution in [3.05, 3.63) is 41.9 Å². The number of hydrogen-bond acceptors (Lipinski definition) is 5. The second-order valence-corrected chi connectivity index (χ2v) is 6.52. The van der Waals surface area contributed by atoms with Gasteiger partial charge in [0.05, 0.1) is 25.5 Å². The first-order valence-corrected chi connectivity index (χ1v) is 8.60. The van der Waals surface area contributed by atoms with Gasteiger partial charge in [0, 0.05) is 24.9 Å². The number of hydrogen-bond donors (Lipinski definition) is 3. The Balaban J connectivity index is 1.57. The molecule has 2 aromatic heterocycles. The predicted octanol–water partition coefficient (Wildman–Crippen LogP) is 1.76. The van der Waals surface area contributed by atoms with Gasteiger partial charge in [0.2, 0.25) is 11.8 Å². The Morgan fingerprint density at radius 1 is 1.44 bits per heavy atom. The minimum atomic E-state index is -0.267. The van der Waals surface area contributed by atoms with Crippen LogP contribution in [0.25, 0.3) is 0 Å². The molecule has 1 atom stereocenters. The van der Waals surface area contributed by atoms with E-state index in [1.54, 1.807) is 25.6 Å². The number of aryl methyl sites for hydroxylation is 1. The zero-order chi connectivity index (χ0) is 17.6. The summed E-state index contributed by atoms with van der Waals surface area (Å²) in [5.41, 5.74) is 2.05. The van der Waals surface area contributed by atoms with E-state index in [0.29, 0.717) is 25.1 Å². The molecule has 1 amide bonds. The molecule has 0 bridgehead atoms. The van der Waals surface area contributed by atoms with E-state index in [0.717, 1.165) is 24.0 Å². The Kier molecular flexibility index (Phi) is 5.65. The van der Waals surface area contributed by atoms with E-state index in [2.05, 4.69) is 20.5 Å². The van der Waals surface area contributed by atoms with E-state index in [4.69, 9.17) is 4.74 Å². The number of carbonyl (C=O) groups is 1. The number of ether oxygens (including phenoxy) is 1. The molecule has 1 aliphatic carbocycles. The predicted molar refractivity (Wildman–Crippen MR) is 91.9 cm³/mol. The van der Waals surface area contributed by atoms with Crippen molar-refractivity contribution in [3.8, 4) is 5.88 Å². The Hall–Kier alpha value is -2.41. The van der Waals surface area contributed by atoms with Gasteiger partial charge in [0.15, 0.2) is 0 Å². The highest BCUT2D eigenvalue weighted by molar-refractivity contribution is 5.76. The third-order valence-corrected chi connectivity index (χ3v) is 4.69. The normalized spacial score (nSPS) is 20.6. The molecule has 7 heteroatoms. The average molecular weight is 344 g/mol.